The van der Waals surface area contributed by atoms with Crippen molar-refractivity contribution in [2.45, 2.75) is 44.1 Å². The van der Waals surface area contributed by atoms with E-state index in [1.165, 1.54) is 5.56 Å². The molecule has 0 aliphatic heterocycles. The van der Waals surface area contributed by atoms with Crippen LogP contribution in [-0.2, 0) is 4.79 Å². The number of hydrogen-bond acceptors (Lipinski definition) is 1. The summed E-state index contributed by atoms with van der Waals surface area (Å²) in [6.07, 6.45) is 4.52. The van der Waals surface area contributed by atoms with Crippen molar-refractivity contribution >= 4 is 5.91 Å². The summed E-state index contributed by atoms with van der Waals surface area (Å²) in [7, 11) is 0. The Hall–Kier alpha value is -1.31. The Balaban J connectivity index is 1.45. The molecule has 1 amide bonds. The number of carbonyl (C=O) groups is 1. The first kappa shape index (κ1) is 10.6. The second-order valence-electron chi connectivity index (χ2n) is 6.80. The molecule has 1 aromatic carbocycles. The molecule has 4 aliphatic carbocycles. The van der Waals surface area contributed by atoms with E-state index >= 15 is 0 Å². The van der Waals surface area contributed by atoms with Gasteiger partial charge in [0.05, 0.1) is 0 Å². The Morgan fingerprint density at radius 2 is 1.83 bits per heavy atom. The third-order valence-electron chi connectivity index (χ3n) is 5.36. The summed E-state index contributed by atoms with van der Waals surface area (Å²) < 4.78 is 0. The predicted octanol–water partition coefficient (Wildman–Crippen LogP) is 2.85. The van der Waals surface area contributed by atoms with E-state index < -0.39 is 0 Å². The molecule has 2 nitrogen and oxygen atoms in total. The second kappa shape index (κ2) is 3.17. The topological polar surface area (TPSA) is 29.1 Å². The zero-order valence-corrected chi connectivity index (χ0v) is 10.8. The number of amides is 1. The lowest BCUT2D eigenvalue weighted by Crippen LogP contribution is -2.61. The Kier molecular flexibility index (Phi) is 1.87. The van der Waals surface area contributed by atoms with Crippen molar-refractivity contribution in [1.29, 1.82) is 0 Å². The average molecular weight is 241 g/mol. The van der Waals surface area contributed by atoms with Crippen LogP contribution in [0.15, 0.2) is 30.3 Å². The molecule has 0 spiro atoms. The maximum atomic E-state index is 12.3. The lowest BCUT2D eigenvalue weighted by atomic mass is 9.44. The minimum absolute atomic E-state index is 0.00780. The molecule has 0 saturated heterocycles. The first-order valence-electron chi connectivity index (χ1n) is 6.99. The van der Waals surface area contributed by atoms with Crippen LogP contribution in [-0.4, -0.2) is 11.4 Å². The molecule has 0 unspecified atom stereocenters. The maximum absolute atomic E-state index is 12.3. The van der Waals surface area contributed by atoms with E-state index in [0.29, 0.717) is 11.8 Å². The summed E-state index contributed by atoms with van der Waals surface area (Å²) in [6.45, 7) is 2.19. The summed E-state index contributed by atoms with van der Waals surface area (Å²) >= 11 is 0. The van der Waals surface area contributed by atoms with E-state index in [9.17, 15) is 4.79 Å². The molecule has 4 aliphatic rings. The quantitative estimate of drug-likeness (QED) is 0.866. The molecule has 5 rings (SSSR count). The molecule has 4 fully saturated rings. The van der Waals surface area contributed by atoms with Crippen molar-refractivity contribution in [1.82, 2.24) is 5.32 Å². The smallest absolute Gasteiger partial charge is 0.226 e. The summed E-state index contributed by atoms with van der Waals surface area (Å²) in [5.41, 5.74) is 1.42. The van der Waals surface area contributed by atoms with E-state index in [2.05, 4.69) is 36.5 Å². The van der Waals surface area contributed by atoms with Crippen LogP contribution in [0.4, 0.5) is 0 Å². The highest BCUT2D eigenvalue weighted by Crippen LogP contribution is 2.65. The molecule has 94 valence electrons. The summed E-state index contributed by atoms with van der Waals surface area (Å²) in [5, 5.41) is 3.32. The van der Waals surface area contributed by atoms with Crippen LogP contribution in [0.3, 0.4) is 0 Å². The van der Waals surface area contributed by atoms with Crippen molar-refractivity contribution in [3.8, 4) is 0 Å². The molecule has 2 atom stereocenters. The van der Waals surface area contributed by atoms with Crippen LogP contribution in [0.1, 0.15) is 44.1 Å². The molecule has 4 saturated carbocycles. The molecule has 1 aromatic rings. The normalized spacial score (nSPS) is 43.6. The van der Waals surface area contributed by atoms with Gasteiger partial charge in [0.25, 0.3) is 0 Å². The standard InChI is InChI=1S/C16H19NO/c1-15(10-13(15)12-5-3-2-4-6-12)17-14(18)16-7-11(8-16)9-16/h2-6,11,13H,7-10H2,1H3,(H,17,18)/t11?,13-,15+,16?/m1/s1. The highest BCUT2D eigenvalue weighted by molar-refractivity contribution is 5.86. The first-order valence-corrected chi connectivity index (χ1v) is 6.99. The first-order chi connectivity index (χ1) is 8.61. The zero-order chi connectivity index (χ0) is 12.4. The third kappa shape index (κ3) is 1.32. The highest BCUT2D eigenvalue weighted by atomic mass is 16.2. The fourth-order valence-electron chi connectivity index (χ4n) is 3.82. The predicted molar refractivity (Wildman–Crippen MR) is 70.1 cm³/mol. The van der Waals surface area contributed by atoms with Gasteiger partial charge < -0.3 is 5.32 Å². The van der Waals surface area contributed by atoms with Gasteiger partial charge in [0.15, 0.2) is 0 Å². The van der Waals surface area contributed by atoms with Gasteiger partial charge in [0.2, 0.25) is 5.91 Å². The number of benzene rings is 1. The lowest BCUT2D eigenvalue weighted by Gasteiger charge is -2.60. The number of carbonyl (C=O) groups excluding carboxylic acids is 1. The van der Waals surface area contributed by atoms with Crippen LogP contribution in [0.2, 0.25) is 0 Å². The van der Waals surface area contributed by atoms with Crippen molar-refractivity contribution in [3.63, 3.8) is 0 Å². The van der Waals surface area contributed by atoms with Gasteiger partial charge in [-0.15, -0.1) is 0 Å². The van der Waals surface area contributed by atoms with E-state index in [0.717, 1.165) is 31.6 Å². The van der Waals surface area contributed by atoms with Crippen LogP contribution in [0.5, 0.6) is 0 Å². The van der Waals surface area contributed by atoms with Gasteiger partial charge in [0, 0.05) is 16.9 Å². The lowest BCUT2D eigenvalue weighted by molar-refractivity contribution is -0.166. The van der Waals surface area contributed by atoms with Crippen molar-refractivity contribution in [2.24, 2.45) is 11.3 Å². The molecular weight excluding hydrogens is 222 g/mol. The molecule has 0 aromatic heterocycles. The fraction of sp³-hybridized carbons (Fsp3) is 0.562. The van der Waals surface area contributed by atoms with Crippen molar-refractivity contribution < 1.29 is 4.79 Å². The van der Waals surface area contributed by atoms with Crippen LogP contribution >= 0.6 is 0 Å². The minimum atomic E-state index is 0.00780. The Bertz CT molecular complexity index is 492. The number of nitrogens with one attached hydrogen (secondary N) is 1. The monoisotopic (exact) mass is 241 g/mol. The van der Waals surface area contributed by atoms with Gasteiger partial charge in [-0.05, 0) is 44.1 Å². The molecule has 2 bridgehead atoms. The highest BCUT2D eigenvalue weighted by Gasteiger charge is 2.63. The van der Waals surface area contributed by atoms with Crippen molar-refractivity contribution in [2.75, 3.05) is 0 Å². The molecule has 1 N–H and O–H groups in total. The van der Waals surface area contributed by atoms with Crippen molar-refractivity contribution in [3.05, 3.63) is 35.9 Å². The molecule has 2 heteroatoms. The largest absolute Gasteiger partial charge is 0.350 e. The van der Waals surface area contributed by atoms with Gasteiger partial charge in [-0.2, -0.15) is 0 Å². The second-order valence-corrected chi connectivity index (χ2v) is 6.80. The third-order valence-corrected chi connectivity index (χ3v) is 5.36. The summed E-state index contributed by atoms with van der Waals surface area (Å²) in [4.78, 5) is 12.3. The summed E-state index contributed by atoms with van der Waals surface area (Å²) in [5.74, 6) is 1.70. The van der Waals surface area contributed by atoms with Gasteiger partial charge in [-0.25, -0.2) is 0 Å². The molecular formula is C16H19NO. The van der Waals surface area contributed by atoms with E-state index in [1.807, 2.05) is 6.07 Å². The number of hydrogen-bond donors (Lipinski definition) is 1. The molecule has 0 heterocycles. The average Bonchev–Trinajstić information content (AvgIpc) is 2.86. The Morgan fingerprint density at radius 1 is 1.17 bits per heavy atom. The van der Waals surface area contributed by atoms with Crippen LogP contribution in [0, 0.1) is 11.3 Å². The van der Waals surface area contributed by atoms with Gasteiger partial charge in [-0.3, -0.25) is 4.79 Å². The zero-order valence-electron chi connectivity index (χ0n) is 10.8. The van der Waals surface area contributed by atoms with Crippen LogP contribution in [0.25, 0.3) is 0 Å². The van der Waals surface area contributed by atoms with E-state index in [-0.39, 0.29) is 11.0 Å². The Labute approximate surface area is 108 Å². The van der Waals surface area contributed by atoms with E-state index in [1.54, 1.807) is 0 Å². The SMILES string of the molecule is C[C@]1(NC(=O)C23CC(C2)C3)C[C@@H]1c1ccccc1. The maximum Gasteiger partial charge on any atom is 0.226 e. The molecule has 0 radical (unpaired) electrons. The minimum Gasteiger partial charge on any atom is -0.350 e. The Morgan fingerprint density at radius 3 is 2.39 bits per heavy atom. The van der Waals surface area contributed by atoms with Gasteiger partial charge in [0.1, 0.15) is 0 Å². The van der Waals surface area contributed by atoms with Crippen LogP contribution < -0.4 is 5.32 Å². The summed E-state index contributed by atoms with van der Waals surface area (Å²) in [6, 6.07) is 10.5. The molecule has 18 heavy (non-hydrogen) atoms. The van der Waals surface area contributed by atoms with E-state index in [4.69, 9.17) is 0 Å². The van der Waals surface area contributed by atoms with Gasteiger partial charge in [-0.1, -0.05) is 30.3 Å². The van der Waals surface area contributed by atoms with Gasteiger partial charge >= 0.3 is 0 Å². The fourth-order valence-corrected chi connectivity index (χ4v) is 3.82. The number of rotatable bonds is 3.